The van der Waals surface area contributed by atoms with Gasteiger partial charge in [-0.1, -0.05) is 6.92 Å². The smallest absolute Gasteiger partial charge is 0.274 e. The van der Waals surface area contributed by atoms with Gasteiger partial charge >= 0.3 is 0 Å². The zero-order chi connectivity index (χ0) is 15.9. The summed E-state index contributed by atoms with van der Waals surface area (Å²) in [5.74, 6) is 0.837. The van der Waals surface area contributed by atoms with Crippen LogP contribution in [0.4, 0.5) is 0 Å². The third kappa shape index (κ3) is 3.04. The summed E-state index contributed by atoms with van der Waals surface area (Å²) >= 11 is 0. The minimum absolute atomic E-state index is 0.0331. The lowest BCUT2D eigenvalue weighted by molar-refractivity contribution is 0.0676. The number of carbonyl (C=O) groups excluding carboxylic acids is 1. The summed E-state index contributed by atoms with van der Waals surface area (Å²) in [5, 5.41) is 4.42. The number of piperidine rings is 1. The molecule has 0 bridgehead atoms. The molecular formula is C15H23N3O3S. The van der Waals surface area contributed by atoms with Crippen molar-refractivity contribution < 1.29 is 13.2 Å². The van der Waals surface area contributed by atoms with Crippen LogP contribution in [-0.4, -0.2) is 53.6 Å². The van der Waals surface area contributed by atoms with Gasteiger partial charge in [0.2, 0.25) is 0 Å². The molecule has 2 unspecified atom stereocenters. The van der Waals surface area contributed by atoms with E-state index in [4.69, 9.17) is 0 Å². The van der Waals surface area contributed by atoms with Gasteiger partial charge in [-0.15, -0.1) is 0 Å². The Morgan fingerprint density at radius 2 is 2.14 bits per heavy atom. The maximum Gasteiger partial charge on any atom is 0.274 e. The van der Waals surface area contributed by atoms with E-state index < -0.39 is 9.84 Å². The third-order valence-corrected chi connectivity index (χ3v) is 6.39. The number of sulfone groups is 1. The quantitative estimate of drug-likeness (QED) is 0.824. The largest absolute Gasteiger partial charge is 0.337 e. The summed E-state index contributed by atoms with van der Waals surface area (Å²) in [4.78, 5) is 14.5. The molecule has 3 rings (SSSR count). The number of aryl methyl sites for hydroxylation is 1. The number of amides is 1. The lowest BCUT2D eigenvalue weighted by Crippen LogP contribution is -2.39. The molecule has 0 N–H and O–H groups in total. The molecule has 0 aromatic carbocycles. The van der Waals surface area contributed by atoms with Gasteiger partial charge in [0.05, 0.1) is 17.5 Å². The molecule has 2 saturated heterocycles. The lowest BCUT2D eigenvalue weighted by Gasteiger charge is -2.30. The molecule has 2 atom stereocenters. The summed E-state index contributed by atoms with van der Waals surface area (Å²) in [6, 6.07) is 1.65. The van der Waals surface area contributed by atoms with E-state index in [1.165, 1.54) is 0 Å². The average molecular weight is 325 g/mol. The van der Waals surface area contributed by atoms with Crippen LogP contribution in [0.3, 0.4) is 0 Å². The van der Waals surface area contributed by atoms with Gasteiger partial charge in [0.25, 0.3) is 5.91 Å². The fraction of sp³-hybridized carbons (Fsp3) is 0.733. The number of rotatable bonds is 2. The molecule has 3 heterocycles. The standard InChI is InChI=1S/C15H23N3O3S/c1-11-4-3-6-17(9-11)15(19)14-8-12(2)18(16-14)13-5-7-22(20,21)10-13/h8,11,13H,3-7,9-10H2,1-2H3. The first kappa shape index (κ1) is 15.5. The lowest BCUT2D eigenvalue weighted by atomic mass is 10.00. The van der Waals surface area contributed by atoms with Gasteiger partial charge in [-0.2, -0.15) is 5.10 Å². The van der Waals surface area contributed by atoms with Gasteiger partial charge in [-0.05, 0) is 38.2 Å². The topological polar surface area (TPSA) is 72.3 Å². The highest BCUT2D eigenvalue weighted by molar-refractivity contribution is 7.91. The normalized spacial score (nSPS) is 28.0. The van der Waals surface area contributed by atoms with Crippen molar-refractivity contribution >= 4 is 15.7 Å². The van der Waals surface area contributed by atoms with Gasteiger partial charge in [0.1, 0.15) is 0 Å². The number of carbonyl (C=O) groups is 1. The van der Waals surface area contributed by atoms with E-state index in [9.17, 15) is 13.2 Å². The van der Waals surface area contributed by atoms with Crippen molar-refractivity contribution in [1.29, 1.82) is 0 Å². The van der Waals surface area contributed by atoms with Crippen LogP contribution in [0.1, 0.15) is 48.4 Å². The fourth-order valence-electron chi connectivity index (χ4n) is 3.47. The van der Waals surface area contributed by atoms with Crippen LogP contribution in [0.5, 0.6) is 0 Å². The molecule has 6 nitrogen and oxygen atoms in total. The molecule has 2 fully saturated rings. The van der Waals surface area contributed by atoms with E-state index in [2.05, 4.69) is 12.0 Å². The minimum Gasteiger partial charge on any atom is -0.337 e. The second kappa shape index (κ2) is 5.68. The average Bonchev–Trinajstić information content (AvgIpc) is 3.00. The van der Waals surface area contributed by atoms with Gasteiger partial charge in [0, 0.05) is 18.8 Å². The van der Waals surface area contributed by atoms with Gasteiger partial charge in [-0.3, -0.25) is 9.48 Å². The van der Waals surface area contributed by atoms with E-state index in [0.717, 1.165) is 31.6 Å². The van der Waals surface area contributed by atoms with Crippen LogP contribution in [-0.2, 0) is 9.84 Å². The minimum atomic E-state index is -2.96. The number of hydrogen-bond acceptors (Lipinski definition) is 4. The van der Waals surface area contributed by atoms with Gasteiger partial charge in [-0.25, -0.2) is 8.42 Å². The predicted octanol–water partition coefficient (Wildman–Crippen LogP) is 1.42. The van der Waals surface area contributed by atoms with Crippen LogP contribution in [0.25, 0.3) is 0 Å². The third-order valence-electron chi connectivity index (χ3n) is 4.64. The highest BCUT2D eigenvalue weighted by atomic mass is 32.2. The molecule has 1 amide bonds. The monoisotopic (exact) mass is 325 g/mol. The molecule has 0 spiro atoms. The van der Waals surface area contributed by atoms with Crippen molar-refractivity contribution in [1.82, 2.24) is 14.7 Å². The maximum absolute atomic E-state index is 12.6. The van der Waals surface area contributed by atoms with E-state index in [1.807, 2.05) is 11.8 Å². The van der Waals surface area contributed by atoms with Crippen molar-refractivity contribution in [2.75, 3.05) is 24.6 Å². The Balaban J connectivity index is 1.78. The zero-order valence-electron chi connectivity index (χ0n) is 13.2. The Morgan fingerprint density at radius 1 is 1.36 bits per heavy atom. The Kier molecular flexibility index (Phi) is 4.01. The van der Waals surface area contributed by atoms with Crippen molar-refractivity contribution in [2.45, 2.75) is 39.2 Å². The summed E-state index contributed by atoms with van der Waals surface area (Å²) < 4.78 is 25.0. The molecule has 1 aromatic heterocycles. The van der Waals surface area contributed by atoms with Crippen LogP contribution < -0.4 is 0 Å². The molecule has 22 heavy (non-hydrogen) atoms. The summed E-state index contributed by atoms with van der Waals surface area (Å²) in [7, 11) is -2.96. The molecule has 122 valence electrons. The van der Waals surface area contributed by atoms with Gasteiger partial charge in [0.15, 0.2) is 15.5 Å². The highest BCUT2D eigenvalue weighted by Gasteiger charge is 2.32. The first-order chi connectivity index (χ1) is 10.4. The van der Waals surface area contributed by atoms with Crippen molar-refractivity contribution in [3.8, 4) is 0 Å². The second-order valence-corrected chi connectivity index (χ2v) is 8.90. The van der Waals surface area contributed by atoms with Crippen LogP contribution in [0.15, 0.2) is 6.07 Å². The molecule has 7 heteroatoms. The molecule has 2 aliphatic heterocycles. The number of nitrogens with zero attached hydrogens (tertiary/aromatic N) is 3. The van der Waals surface area contributed by atoms with Crippen LogP contribution in [0, 0.1) is 12.8 Å². The van der Waals surface area contributed by atoms with Crippen LogP contribution in [0.2, 0.25) is 0 Å². The van der Waals surface area contributed by atoms with Crippen LogP contribution >= 0.6 is 0 Å². The molecule has 0 radical (unpaired) electrons. The maximum atomic E-state index is 12.6. The van der Waals surface area contributed by atoms with E-state index in [1.54, 1.807) is 10.7 Å². The molecule has 1 aromatic rings. The predicted molar refractivity (Wildman–Crippen MR) is 83.6 cm³/mol. The molecule has 2 aliphatic rings. The Labute approximate surface area is 131 Å². The van der Waals surface area contributed by atoms with Crippen molar-refractivity contribution in [3.63, 3.8) is 0 Å². The van der Waals surface area contributed by atoms with Gasteiger partial charge < -0.3 is 4.90 Å². The Hall–Kier alpha value is -1.37. The van der Waals surface area contributed by atoms with Crippen molar-refractivity contribution in [3.05, 3.63) is 17.5 Å². The van der Waals surface area contributed by atoms with E-state index >= 15 is 0 Å². The van der Waals surface area contributed by atoms with E-state index in [0.29, 0.717) is 18.0 Å². The molecule has 0 aliphatic carbocycles. The number of hydrogen-bond donors (Lipinski definition) is 0. The first-order valence-corrected chi connectivity index (χ1v) is 9.74. The summed E-state index contributed by atoms with van der Waals surface area (Å²) in [6.07, 6.45) is 2.78. The summed E-state index contributed by atoms with van der Waals surface area (Å²) in [6.45, 7) is 5.61. The molecule has 0 saturated carbocycles. The zero-order valence-corrected chi connectivity index (χ0v) is 14.0. The highest BCUT2D eigenvalue weighted by Crippen LogP contribution is 2.25. The Bertz CT molecular complexity index is 680. The van der Waals surface area contributed by atoms with Crippen molar-refractivity contribution in [2.24, 2.45) is 5.92 Å². The van der Waals surface area contributed by atoms with E-state index in [-0.39, 0.29) is 23.5 Å². The SMILES string of the molecule is Cc1cc(C(=O)N2CCCC(C)C2)nn1C1CCS(=O)(=O)C1. The first-order valence-electron chi connectivity index (χ1n) is 7.91. The number of likely N-dealkylation sites (tertiary alicyclic amines) is 1. The summed E-state index contributed by atoms with van der Waals surface area (Å²) in [5.41, 5.74) is 1.30. The Morgan fingerprint density at radius 3 is 2.77 bits per heavy atom. The fourth-order valence-corrected chi connectivity index (χ4v) is 5.16. The second-order valence-electron chi connectivity index (χ2n) is 6.67. The number of aromatic nitrogens is 2. The molecular weight excluding hydrogens is 302 g/mol.